The van der Waals surface area contributed by atoms with Crippen LogP contribution in [0.2, 0.25) is 0 Å². The van der Waals surface area contributed by atoms with E-state index in [2.05, 4.69) is 9.80 Å². The molecule has 2 nitrogen and oxygen atoms in total. The number of piperazine rings is 3. The van der Waals surface area contributed by atoms with Crippen molar-refractivity contribution in [1.82, 2.24) is 9.80 Å². The molecule has 46 valence electrons. The highest BCUT2D eigenvalue weighted by Gasteiger charge is 2.21. The minimum atomic E-state index is 0.0764. The molecule has 0 saturated carbocycles. The van der Waals surface area contributed by atoms with Gasteiger partial charge in [0, 0.05) is 40.6 Å². The number of hydrogen-bond acceptors (Lipinski definition) is 2. The molecule has 0 aromatic rings. The molecule has 8 heavy (non-hydrogen) atoms. The zero-order valence-electron chi connectivity index (χ0n) is 6.01. The Bertz CT molecular complexity index is 110. The van der Waals surface area contributed by atoms with Crippen LogP contribution in [-0.2, 0) is 0 Å². The first-order valence-electron chi connectivity index (χ1n) is 3.82. The van der Waals surface area contributed by atoms with Gasteiger partial charge in [0.15, 0.2) is 0 Å². The zero-order valence-corrected chi connectivity index (χ0v) is 5.01. The van der Waals surface area contributed by atoms with E-state index < -0.39 is 0 Å². The molecular formula is C6H12N2. The molecule has 0 radical (unpaired) electrons. The van der Waals surface area contributed by atoms with E-state index in [-0.39, 0.29) is 6.52 Å². The van der Waals surface area contributed by atoms with Crippen LogP contribution in [0.5, 0.6) is 0 Å². The first-order chi connectivity index (χ1) is 4.36. The Morgan fingerprint density at radius 2 is 1.50 bits per heavy atom. The van der Waals surface area contributed by atoms with E-state index in [1.807, 2.05) is 0 Å². The van der Waals surface area contributed by atoms with E-state index in [4.69, 9.17) is 1.37 Å². The lowest BCUT2D eigenvalue weighted by Gasteiger charge is -2.41. The minimum absolute atomic E-state index is 0.0764. The molecule has 3 heterocycles. The molecule has 0 amide bonds. The average molecular weight is 113 g/mol. The van der Waals surface area contributed by atoms with Gasteiger partial charge in [0.25, 0.3) is 0 Å². The maximum atomic E-state index is 7.54. The lowest BCUT2D eigenvalue weighted by atomic mass is 10.2. The highest BCUT2D eigenvalue weighted by atomic mass is 15.3. The third-order valence-corrected chi connectivity index (χ3v) is 2.00. The predicted molar refractivity (Wildman–Crippen MR) is 32.9 cm³/mol. The second-order valence-corrected chi connectivity index (χ2v) is 2.52. The molecule has 3 rings (SSSR count). The lowest BCUT2D eigenvalue weighted by Crippen LogP contribution is -2.55. The highest BCUT2D eigenvalue weighted by molar-refractivity contribution is 4.78. The van der Waals surface area contributed by atoms with Gasteiger partial charge in [0.05, 0.1) is 0 Å². The van der Waals surface area contributed by atoms with E-state index >= 15 is 0 Å². The van der Waals surface area contributed by atoms with Crippen molar-refractivity contribution < 1.29 is 1.37 Å². The molecule has 3 fully saturated rings. The van der Waals surface area contributed by atoms with Crippen LogP contribution in [0.3, 0.4) is 0 Å². The summed E-state index contributed by atoms with van der Waals surface area (Å²) in [6, 6.07) is 0. The van der Waals surface area contributed by atoms with Gasteiger partial charge in [-0.25, -0.2) is 0 Å². The highest BCUT2D eigenvalue weighted by Crippen LogP contribution is 2.06. The molecule has 0 spiro atoms. The zero-order chi connectivity index (χ0) is 6.27. The van der Waals surface area contributed by atoms with Gasteiger partial charge in [-0.3, -0.25) is 9.80 Å². The second kappa shape index (κ2) is 1.71. The number of hydrogen-bond donors (Lipinski definition) is 0. The minimum Gasteiger partial charge on any atom is -0.300 e. The Balaban J connectivity index is 2.06. The second-order valence-electron chi connectivity index (χ2n) is 2.52. The van der Waals surface area contributed by atoms with E-state index in [1.165, 1.54) is 13.1 Å². The van der Waals surface area contributed by atoms with Crippen molar-refractivity contribution in [3.8, 4) is 0 Å². The van der Waals surface area contributed by atoms with Crippen LogP contribution in [0.4, 0.5) is 0 Å². The number of nitrogens with zero attached hydrogens (tertiary/aromatic N) is 2. The maximum absolute atomic E-state index is 7.54. The van der Waals surface area contributed by atoms with E-state index in [0.29, 0.717) is 0 Å². The molecule has 1 atom stereocenters. The summed E-state index contributed by atoms with van der Waals surface area (Å²) < 4.78 is 7.54. The summed E-state index contributed by atoms with van der Waals surface area (Å²) in [6.07, 6.45) is 0. The van der Waals surface area contributed by atoms with Crippen LogP contribution >= 0.6 is 0 Å². The molecule has 2 bridgehead atoms. The predicted octanol–water partition coefficient (Wildman–Crippen LogP) is -0.382. The van der Waals surface area contributed by atoms with Crippen molar-refractivity contribution in [1.29, 1.82) is 0 Å². The van der Waals surface area contributed by atoms with Gasteiger partial charge in [-0.1, -0.05) is 0 Å². The number of fused-ring (bicyclic) bond motifs is 3. The summed E-state index contributed by atoms with van der Waals surface area (Å²) in [4.78, 5) is 4.62. The summed E-state index contributed by atoms with van der Waals surface area (Å²) in [6.45, 7) is 5.67. The Kier molecular flexibility index (Phi) is 0.822. The molecule has 3 aliphatic rings. The Labute approximate surface area is 51.5 Å². The summed E-state index contributed by atoms with van der Waals surface area (Å²) in [7, 11) is 0. The van der Waals surface area contributed by atoms with Crippen molar-refractivity contribution in [2.24, 2.45) is 0 Å². The molecule has 3 aliphatic heterocycles. The van der Waals surface area contributed by atoms with Gasteiger partial charge >= 0.3 is 0 Å². The van der Waals surface area contributed by atoms with Crippen LogP contribution in [0.1, 0.15) is 1.37 Å². The fourth-order valence-corrected chi connectivity index (χ4v) is 1.36. The maximum Gasteiger partial charge on any atom is 0.0444 e. The third kappa shape index (κ3) is 0.644. The largest absolute Gasteiger partial charge is 0.300 e. The molecule has 0 N–H and O–H groups in total. The molecule has 0 aliphatic carbocycles. The van der Waals surface area contributed by atoms with E-state index in [0.717, 1.165) is 19.6 Å². The van der Waals surface area contributed by atoms with Gasteiger partial charge in [-0.05, 0) is 0 Å². The van der Waals surface area contributed by atoms with Crippen molar-refractivity contribution in [2.45, 2.75) is 0 Å². The van der Waals surface area contributed by atoms with Gasteiger partial charge in [-0.2, -0.15) is 0 Å². The smallest absolute Gasteiger partial charge is 0.0444 e. The first kappa shape index (κ1) is 3.85. The lowest BCUT2D eigenvalue weighted by molar-refractivity contribution is 0.0647. The van der Waals surface area contributed by atoms with Gasteiger partial charge in [0.2, 0.25) is 0 Å². The summed E-state index contributed by atoms with van der Waals surface area (Å²) >= 11 is 0. The van der Waals surface area contributed by atoms with Crippen LogP contribution in [0.15, 0.2) is 0 Å². The molecule has 2 heteroatoms. The van der Waals surface area contributed by atoms with Crippen molar-refractivity contribution in [3.63, 3.8) is 0 Å². The Hall–Kier alpha value is -0.0800. The molecule has 0 aromatic heterocycles. The van der Waals surface area contributed by atoms with E-state index in [1.54, 1.807) is 0 Å². The van der Waals surface area contributed by atoms with Gasteiger partial charge in [-0.15, -0.1) is 0 Å². The summed E-state index contributed by atoms with van der Waals surface area (Å²) in [5.41, 5.74) is 0. The molecular weight excluding hydrogens is 100 g/mol. The standard InChI is InChI=1S/C6H12N2/c1-2-8-5-3-7(1)4-6-8/h1-6H2/i1D. The Morgan fingerprint density at radius 1 is 0.875 bits per heavy atom. The SMILES string of the molecule is [2H]C1CN2CCN1CC2. The molecule has 0 aromatic carbocycles. The van der Waals surface area contributed by atoms with Gasteiger partial charge < -0.3 is 0 Å². The first-order valence-corrected chi connectivity index (χ1v) is 3.25. The topological polar surface area (TPSA) is 6.48 Å². The molecule has 1 unspecified atom stereocenters. The van der Waals surface area contributed by atoms with Crippen LogP contribution in [0, 0.1) is 0 Å². The quantitative estimate of drug-likeness (QED) is 0.422. The third-order valence-electron chi connectivity index (χ3n) is 2.00. The van der Waals surface area contributed by atoms with Crippen molar-refractivity contribution >= 4 is 0 Å². The average Bonchev–Trinajstić information content (AvgIpc) is 1.90. The number of rotatable bonds is 0. The van der Waals surface area contributed by atoms with Crippen molar-refractivity contribution in [3.05, 3.63) is 0 Å². The normalized spacial score (nSPS) is 56.0. The van der Waals surface area contributed by atoms with Crippen LogP contribution in [-0.4, -0.2) is 49.0 Å². The van der Waals surface area contributed by atoms with Gasteiger partial charge in [0.1, 0.15) is 0 Å². The fourth-order valence-electron chi connectivity index (χ4n) is 1.36. The van der Waals surface area contributed by atoms with Crippen LogP contribution < -0.4 is 0 Å². The monoisotopic (exact) mass is 113 g/mol. The Morgan fingerprint density at radius 3 is 1.75 bits per heavy atom. The van der Waals surface area contributed by atoms with E-state index in [9.17, 15) is 0 Å². The van der Waals surface area contributed by atoms with Crippen LogP contribution in [0.25, 0.3) is 0 Å². The fraction of sp³-hybridized carbons (Fsp3) is 1.00. The summed E-state index contributed by atoms with van der Waals surface area (Å²) in [5, 5.41) is 0. The van der Waals surface area contributed by atoms with Crippen molar-refractivity contribution in [2.75, 3.05) is 39.2 Å². The molecule has 3 saturated heterocycles. The summed E-state index contributed by atoms with van der Waals surface area (Å²) in [5.74, 6) is 0.